The van der Waals surface area contributed by atoms with E-state index in [4.69, 9.17) is 0 Å². The Balaban J connectivity index is 2.20. The summed E-state index contributed by atoms with van der Waals surface area (Å²) in [5.41, 5.74) is 0.181. The quantitative estimate of drug-likeness (QED) is 0.721. The van der Waals surface area contributed by atoms with Gasteiger partial charge in [0.2, 0.25) is 0 Å². The van der Waals surface area contributed by atoms with Gasteiger partial charge in [-0.05, 0) is 20.8 Å². The predicted molar refractivity (Wildman–Crippen MR) is 47.8 cm³/mol. The third-order valence-corrected chi connectivity index (χ3v) is 1.47. The molecule has 1 N–H and O–H groups in total. The fourth-order valence-corrected chi connectivity index (χ4v) is 0.897. The summed E-state index contributed by atoms with van der Waals surface area (Å²) in [6.07, 6.45) is 3.56. The Bertz CT molecular complexity index is 209. The number of rotatable bonds is 3. The Morgan fingerprint density at radius 2 is 2.17 bits per heavy atom. The van der Waals surface area contributed by atoms with Gasteiger partial charge in [-0.1, -0.05) is 5.21 Å². The molecule has 1 aromatic heterocycles. The van der Waals surface area contributed by atoms with Crippen molar-refractivity contribution in [3.8, 4) is 0 Å². The van der Waals surface area contributed by atoms with Crippen LogP contribution >= 0.6 is 0 Å². The molecule has 0 spiro atoms. The van der Waals surface area contributed by atoms with Crippen molar-refractivity contribution in [2.24, 2.45) is 0 Å². The third kappa shape index (κ3) is 3.48. The Kier molecular flexibility index (Phi) is 2.81. The average molecular weight is 168 g/mol. The molecule has 1 rings (SSSR count). The lowest BCUT2D eigenvalue weighted by Gasteiger charge is -2.20. The maximum absolute atomic E-state index is 3.86. The molecule has 0 aliphatic rings. The van der Waals surface area contributed by atoms with E-state index in [2.05, 4.69) is 36.4 Å². The molecule has 0 saturated carbocycles. The van der Waals surface area contributed by atoms with Crippen LogP contribution in [0.1, 0.15) is 20.8 Å². The SMILES string of the molecule is CC(C)(C)NCCn1ccnn1. The summed E-state index contributed by atoms with van der Waals surface area (Å²) in [5, 5.41) is 11.0. The smallest absolute Gasteiger partial charge is 0.0692 e. The van der Waals surface area contributed by atoms with Gasteiger partial charge >= 0.3 is 0 Å². The lowest BCUT2D eigenvalue weighted by atomic mass is 10.1. The van der Waals surface area contributed by atoms with E-state index >= 15 is 0 Å². The molecular weight excluding hydrogens is 152 g/mol. The maximum atomic E-state index is 3.86. The Hall–Kier alpha value is -0.900. The zero-order valence-corrected chi connectivity index (χ0v) is 7.91. The van der Waals surface area contributed by atoms with Crippen LogP contribution in [-0.4, -0.2) is 27.1 Å². The van der Waals surface area contributed by atoms with Crippen LogP contribution in [0.15, 0.2) is 12.4 Å². The van der Waals surface area contributed by atoms with Crippen LogP contribution in [0.3, 0.4) is 0 Å². The second-order valence-corrected chi connectivity index (χ2v) is 3.84. The number of hydrogen-bond acceptors (Lipinski definition) is 3. The number of hydrogen-bond donors (Lipinski definition) is 1. The topological polar surface area (TPSA) is 42.7 Å². The van der Waals surface area contributed by atoms with E-state index in [0.717, 1.165) is 13.1 Å². The van der Waals surface area contributed by atoms with Crippen LogP contribution in [-0.2, 0) is 6.54 Å². The van der Waals surface area contributed by atoms with Crippen molar-refractivity contribution in [3.63, 3.8) is 0 Å². The second-order valence-electron chi connectivity index (χ2n) is 3.84. The normalized spacial score (nSPS) is 11.9. The molecule has 0 amide bonds. The predicted octanol–water partition coefficient (Wildman–Crippen LogP) is 0.666. The van der Waals surface area contributed by atoms with Gasteiger partial charge in [-0.25, -0.2) is 0 Å². The monoisotopic (exact) mass is 168 g/mol. The van der Waals surface area contributed by atoms with E-state index in [0.29, 0.717) is 0 Å². The highest BCUT2D eigenvalue weighted by Gasteiger charge is 2.07. The maximum Gasteiger partial charge on any atom is 0.0692 e. The molecule has 0 atom stereocenters. The molecule has 12 heavy (non-hydrogen) atoms. The highest BCUT2D eigenvalue weighted by atomic mass is 15.4. The Morgan fingerprint density at radius 1 is 1.42 bits per heavy atom. The zero-order valence-electron chi connectivity index (χ0n) is 7.91. The van der Waals surface area contributed by atoms with Crippen molar-refractivity contribution in [3.05, 3.63) is 12.4 Å². The van der Waals surface area contributed by atoms with E-state index in [1.54, 1.807) is 6.20 Å². The summed E-state index contributed by atoms with van der Waals surface area (Å²) >= 11 is 0. The van der Waals surface area contributed by atoms with Gasteiger partial charge in [0.15, 0.2) is 0 Å². The lowest BCUT2D eigenvalue weighted by molar-refractivity contribution is 0.403. The van der Waals surface area contributed by atoms with E-state index in [9.17, 15) is 0 Å². The highest BCUT2D eigenvalue weighted by molar-refractivity contribution is 4.71. The Labute approximate surface area is 73.0 Å². The molecule has 0 aromatic carbocycles. The van der Waals surface area contributed by atoms with Crippen molar-refractivity contribution in [2.45, 2.75) is 32.9 Å². The van der Waals surface area contributed by atoms with Crippen LogP contribution < -0.4 is 5.32 Å². The molecule has 0 saturated heterocycles. The van der Waals surface area contributed by atoms with Crippen molar-refractivity contribution < 1.29 is 0 Å². The van der Waals surface area contributed by atoms with Crippen LogP contribution in [0.2, 0.25) is 0 Å². The summed E-state index contributed by atoms with van der Waals surface area (Å²) in [7, 11) is 0. The second kappa shape index (κ2) is 3.67. The molecule has 68 valence electrons. The van der Waals surface area contributed by atoms with Crippen LogP contribution in [0.25, 0.3) is 0 Å². The molecule has 0 fully saturated rings. The molecule has 4 heteroatoms. The minimum Gasteiger partial charge on any atom is -0.310 e. The van der Waals surface area contributed by atoms with Gasteiger partial charge in [0.25, 0.3) is 0 Å². The van der Waals surface area contributed by atoms with Crippen molar-refractivity contribution >= 4 is 0 Å². The fraction of sp³-hybridized carbons (Fsp3) is 0.750. The summed E-state index contributed by atoms with van der Waals surface area (Å²) in [6, 6.07) is 0. The lowest BCUT2D eigenvalue weighted by Crippen LogP contribution is -2.37. The van der Waals surface area contributed by atoms with E-state index in [1.807, 2.05) is 10.9 Å². The first-order chi connectivity index (χ1) is 5.58. The van der Waals surface area contributed by atoms with Crippen LogP contribution in [0.5, 0.6) is 0 Å². The number of nitrogens with zero attached hydrogens (tertiary/aromatic N) is 3. The molecule has 4 nitrogen and oxygen atoms in total. The van der Waals surface area contributed by atoms with E-state index < -0.39 is 0 Å². The minimum absolute atomic E-state index is 0.181. The minimum atomic E-state index is 0.181. The molecule has 0 unspecified atom stereocenters. The van der Waals surface area contributed by atoms with Gasteiger partial charge in [0, 0.05) is 18.3 Å². The average Bonchev–Trinajstić information content (AvgIpc) is 2.36. The first-order valence-corrected chi connectivity index (χ1v) is 4.17. The summed E-state index contributed by atoms with van der Waals surface area (Å²) in [4.78, 5) is 0. The zero-order chi connectivity index (χ0) is 9.03. The van der Waals surface area contributed by atoms with Gasteiger partial charge in [0.05, 0.1) is 12.7 Å². The van der Waals surface area contributed by atoms with Gasteiger partial charge < -0.3 is 5.32 Å². The highest BCUT2D eigenvalue weighted by Crippen LogP contribution is 1.97. The van der Waals surface area contributed by atoms with Crippen LogP contribution in [0.4, 0.5) is 0 Å². The van der Waals surface area contributed by atoms with Crippen molar-refractivity contribution in [2.75, 3.05) is 6.54 Å². The standard InChI is InChI=1S/C8H16N4/c1-8(2,3)9-4-6-12-7-5-10-11-12/h5,7,9H,4,6H2,1-3H3. The largest absolute Gasteiger partial charge is 0.310 e. The molecule has 0 aliphatic carbocycles. The molecule has 0 radical (unpaired) electrons. The van der Waals surface area contributed by atoms with Crippen molar-refractivity contribution in [1.29, 1.82) is 0 Å². The van der Waals surface area contributed by atoms with Gasteiger partial charge in [-0.15, -0.1) is 5.10 Å². The van der Waals surface area contributed by atoms with E-state index in [-0.39, 0.29) is 5.54 Å². The van der Waals surface area contributed by atoms with Crippen LogP contribution in [0, 0.1) is 0 Å². The van der Waals surface area contributed by atoms with Gasteiger partial charge in [-0.2, -0.15) is 0 Å². The summed E-state index contributed by atoms with van der Waals surface area (Å²) in [5.74, 6) is 0. The summed E-state index contributed by atoms with van der Waals surface area (Å²) < 4.78 is 1.82. The molecule has 1 aromatic rings. The first kappa shape index (κ1) is 9.19. The van der Waals surface area contributed by atoms with Crippen molar-refractivity contribution in [1.82, 2.24) is 20.3 Å². The molecule has 0 aliphatic heterocycles. The molecule has 0 bridgehead atoms. The fourth-order valence-electron chi connectivity index (χ4n) is 0.897. The van der Waals surface area contributed by atoms with Gasteiger partial charge in [0.1, 0.15) is 0 Å². The first-order valence-electron chi connectivity index (χ1n) is 4.17. The number of nitrogens with one attached hydrogen (secondary N) is 1. The van der Waals surface area contributed by atoms with E-state index in [1.165, 1.54) is 0 Å². The van der Waals surface area contributed by atoms with Gasteiger partial charge in [-0.3, -0.25) is 4.68 Å². The molecule has 1 heterocycles. The molecular formula is C8H16N4. The third-order valence-electron chi connectivity index (χ3n) is 1.47. The number of aromatic nitrogens is 3. The Morgan fingerprint density at radius 3 is 2.67 bits per heavy atom. The summed E-state index contributed by atoms with van der Waals surface area (Å²) in [6.45, 7) is 8.24.